The third kappa shape index (κ3) is 5.33. The molecule has 2 amide bonds. The highest BCUT2D eigenvalue weighted by Gasteiger charge is 2.23. The van der Waals surface area contributed by atoms with Crippen molar-refractivity contribution in [3.05, 3.63) is 76.6 Å². The zero-order valence-electron chi connectivity index (χ0n) is 19.6. The number of aryl methyl sites for hydroxylation is 1. The minimum absolute atomic E-state index is 0.0893. The highest BCUT2D eigenvalue weighted by Crippen LogP contribution is 2.21. The van der Waals surface area contributed by atoms with Crippen molar-refractivity contribution in [1.82, 2.24) is 15.1 Å². The van der Waals surface area contributed by atoms with Crippen molar-refractivity contribution < 1.29 is 19.1 Å². The number of amides is 2. The van der Waals surface area contributed by atoms with Crippen LogP contribution in [-0.4, -0.2) is 40.7 Å². The van der Waals surface area contributed by atoms with Crippen molar-refractivity contribution in [2.24, 2.45) is 0 Å². The first kappa shape index (κ1) is 23.2. The Morgan fingerprint density at radius 3 is 2.21 bits per heavy atom. The summed E-state index contributed by atoms with van der Waals surface area (Å²) in [5.74, 6) is -0.583. The molecule has 1 aliphatic carbocycles. The van der Waals surface area contributed by atoms with E-state index < -0.39 is 0 Å². The molecule has 34 heavy (non-hydrogen) atoms. The number of hydrogen-bond acceptors (Lipinski definition) is 5. The van der Waals surface area contributed by atoms with Crippen LogP contribution in [0.25, 0.3) is 5.69 Å². The Morgan fingerprint density at radius 1 is 0.971 bits per heavy atom. The Kier molecular flexibility index (Phi) is 6.77. The molecule has 1 saturated carbocycles. The minimum atomic E-state index is -0.252. The van der Waals surface area contributed by atoms with Gasteiger partial charge in [-0.2, -0.15) is 5.10 Å². The van der Waals surface area contributed by atoms with Crippen molar-refractivity contribution in [1.29, 1.82) is 0 Å². The number of rotatable bonds is 8. The lowest BCUT2D eigenvalue weighted by Gasteiger charge is -2.09. The van der Waals surface area contributed by atoms with Crippen LogP contribution in [0.3, 0.4) is 0 Å². The highest BCUT2D eigenvalue weighted by atomic mass is 16.5. The zero-order valence-corrected chi connectivity index (χ0v) is 19.6. The van der Waals surface area contributed by atoms with E-state index in [0.717, 1.165) is 35.5 Å². The number of anilines is 1. The van der Waals surface area contributed by atoms with Gasteiger partial charge in [-0.15, -0.1) is 0 Å². The third-order valence-electron chi connectivity index (χ3n) is 5.94. The highest BCUT2D eigenvalue weighted by molar-refractivity contribution is 6.04. The maximum absolute atomic E-state index is 12.7. The van der Waals surface area contributed by atoms with Gasteiger partial charge >= 0.3 is 5.97 Å². The summed E-state index contributed by atoms with van der Waals surface area (Å²) in [6.45, 7) is 3.88. The second kappa shape index (κ2) is 9.91. The number of nitrogens with zero attached hydrogens (tertiary/aromatic N) is 2. The monoisotopic (exact) mass is 460 g/mol. The molecule has 1 fully saturated rings. The number of carbonyl (C=O) groups is 3. The van der Waals surface area contributed by atoms with E-state index in [4.69, 9.17) is 4.74 Å². The van der Waals surface area contributed by atoms with Crippen LogP contribution >= 0.6 is 0 Å². The summed E-state index contributed by atoms with van der Waals surface area (Å²) < 4.78 is 6.55. The Bertz CT molecular complexity index is 1210. The smallest absolute Gasteiger partial charge is 0.305 e. The van der Waals surface area contributed by atoms with E-state index in [9.17, 15) is 14.4 Å². The number of benzene rings is 2. The molecule has 4 rings (SSSR count). The lowest BCUT2D eigenvalue weighted by Crippen LogP contribution is -2.25. The maximum atomic E-state index is 12.7. The second-order valence-corrected chi connectivity index (χ2v) is 8.46. The van der Waals surface area contributed by atoms with Crippen LogP contribution in [0.2, 0.25) is 0 Å². The van der Waals surface area contributed by atoms with Gasteiger partial charge in [0.2, 0.25) is 0 Å². The van der Waals surface area contributed by atoms with Crippen molar-refractivity contribution >= 4 is 23.5 Å². The molecular weight excluding hydrogens is 432 g/mol. The molecule has 1 aliphatic rings. The molecule has 1 heterocycles. The van der Waals surface area contributed by atoms with Crippen LogP contribution < -0.4 is 10.6 Å². The lowest BCUT2D eigenvalue weighted by molar-refractivity contribution is -0.140. The topological polar surface area (TPSA) is 102 Å². The van der Waals surface area contributed by atoms with Gasteiger partial charge in [0.15, 0.2) is 0 Å². The van der Waals surface area contributed by atoms with E-state index in [-0.39, 0.29) is 17.8 Å². The molecule has 2 aromatic carbocycles. The van der Waals surface area contributed by atoms with Crippen LogP contribution in [0, 0.1) is 13.8 Å². The van der Waals surface area contributed by atoms with E-state index in [0.29, 0.717) is 35.7 Å². The normalized spacial score (nSPS) is 12.8. The largest absolute Gasteiger partial charge is 0.469 e. The number of aromatic nitrogens is 2. The van der Waals surface area contributed by atoms with Gasteiger partial charge in [0.1, 0.15) is 0 Å². The summed E-state index contributed by atoms with van der Waals surface area (Å²) in [6.07, 6.45) is 2.94. The quantitative estimate of drug-likeness (QED) is 0.499. The maximum Gasteiger partial charge on any atom is 0.305 e. The molecule has 0 spiro atoms. The predicted octanol–water partition coefficient (Wildman–Crippen LogP) is 3.74. The summed E-state index contributed by atoms with van der Waals surface area (Å²) in [5, 5.41) is 10.4. The SMILES string of the molecule is COC(=O)CCc1c(C)nn(-c2ccc(C(=O)Nc3ccc(C(=O)NC4CC4)cc3)cc2)c1C. The van der Waals surface area contributed by atoms with Crippen LogP contribution in [0.4, 0.5) is 5.69 Å². The van der Waals surface area contributed by atoms with E-state index in [2.05, 4.69) is 15.7 Å². The average Bonchev–Trinajstić information content (AvgIpc) is 3.61. The molecule has 2 N–H and O–H groups in total. The van der Waals surface area contributed by atoms with Gasteiger partial charge in [0, 0.05) is 35.0 Å². The summed E-state index contributed by atoms with van der Waals surface area (Å²) in [4.78, 5) is 36.3. The number of esters is 1. The zero-order chi connectivity index (χ0) is 24.2. The molecule has 8 heteroatoms. The first-order valence-electron chi connectivity index (χ1n) is 11.3. The number of ether oxygens (including phenoxy) is 1. The first-order chi connectivity index (χ1) is 16.4. The molecule has 8 nitrogen and oxygen atoms in total. The number of methoxy groups -OCH3 is 1. The average molecular weight is 461 g/mol. The summed E-state index contributed by atoms with van der Waals surface area (Å²) in [6, 6.07) is 14.3. The lowest BCUT2D eigenvalue weighted by atomic mass is 10.1. The number of hydrogen-bond donors (Lipinski definition) is 2. The Hall–Kier alpha value is -3.94. The fourth-order valence-electron chi connectivity index (χ4n) is 3.78. The van der Waals surface area contributed by atoms with Crippen LogP contribution in [-0.2, 0) is 16.0 Å². The van der Waals surface area contributed by atoms with Gasteiger partial charge in [-0.05, 0) is 87.2 Å². The molecule has 0 atom stereocenters. The fourth-order valence-corrected chi connectivity index (χ4v) is 3.78. The molecule has 0 bridgehead atoms. The van der Waals surface area contributed by atoms with Crippen molar-refractivity contribution in [3.63, 3.8) is 0 Å². The molecule has 0 aliphatic heterocycles. The van der Waals surface area contributed by atoms with E-state index in [1.807, 2.05) is 30.7 Å². The van der Waals surface area contributed by atoms with Crippen LogP contribution in [0.15, 0.2) is 48.5 Å². The standard InChI is InChI=1S/C26H28N4O4/c1-16-23(14-15-24(31)34-3)17(2)30(29-16)22-12-6-19(7-13-22)26(33)27-20-8-4-18(5-9-20)25(32)28-21-10-11-21/h4-9,12-13,21H,10-11,14-15H2,1-3H3,(H,27,33)(H,28,32). The molecule has 0 radical (unpaired) electrons. The Balaban J connectivity index is 1.41. The van der Waals surface area contributed by atoms with Crippen molar-refractivity contribution in [2.45, 2.75) is 45.6 Å². The van der Waals surface area contributed by atoms with E-state index in [1.54, 1.807) is 36.4 Å². The van der Waals surface area contributed by atoms with Gasteiger partial charge in [-0.3, -0.25) is 14.4 Å². The third-order valence-corrected chi connectivity index (χ3v) is 5.94. The Morgan fingerprint density at radius 2 is 1.59 bits per heavy atom. The molecule has 0 saturated heterocycles. The Labute approximate surface area is 198 Å². The summed E-state index contributed by atoms with van der Waals surface area (Å²) in [5.41, 5.74) is 5.35. The molecule has 176 valence electrons. The number of carbonyl (C=O) groups excluding carboxylic acids is 3. The van der Waals surface area contributed by atoms with Crippen molar-refractivity contribution in [3.8, 4) is 5.69 Å². The first-order valence-corrected chi connectivity index (χ1v) is 11.3. The summed E-state index contributed by atoms with van der Waals surface area (Å²) in [7, 11) is 1.38. The van der Waals surface area contributed by atoms with Gasteiger partial charge in [-0.25, -0.2) is 4.68 Å². The molecule has 3 aromatic rings. The van der Waals surface area contributed by atoms with Gasteiger partial charge in [0.25, 0.3) is 11.8 Å². The van der Waals surface area contributed by atoms with Crippen LogP contribution in [0.1, 0.15) is 56.9 Å². The molecule has 1 aromatic heterocycles. The van der Waals surface area contributed by atoms with Gasteiger partial charge in [-0.1, -0.05) is 0 Å². The van der Waals surface area contributed by atoms with Gasteiger partial charge < -0.3 is 15.4 Å². The molecular formula is C26H28N4O4. The fraction of sp³-hybridized carbons (Fsp3) is 0.308. The van der Waals surface area contributed by atoms with Crippen molar-refractivity contribution in [2.75, 3.05) is 12.4 Å². The van der Waals surface area contributed by atoms with Crippen LogP contribution in [0.5, 0.6) is 0 Å². The summed E-state index contributed by atoms with van der Waals surface area (Å²) >= 11 is 0. The second-order valence-electron chi connectivity index (χ2n) is 8.46. The van der Waals surface area contributed by atoms with E-state index in [1.165, 1.54) is 7.11 Å². The minimum Gasteiger partial charge on any atom is -0.469 e. The number of nitrogens with one attached hydrogen (secondary N) is 2. The van der Waals surface area contributed by atoms with Gasteiger partial charge in [0.05, 0.1) is 18.5 Å². The van der Waals surface area contributed by atoms with E-state index >= 15 is 0 Å². The predicted molar refractivity (Wildman–Crippen MR) is 128 cm³/mol. The molecule has 0 unspecified atom stereocenters.